The number of nitro groups is 1. The van der Waals surface area contributed by atoms with E-state index in [-0.39, 0.29) is 5.69 Å². The van der Waals surface area contributed by atoms with Crippen molar-refractivity contribution < 1.29 is 14.5 Å². The largest absolute Gasteiger partial charge is 0.466 e. The highest BCUT2D eigenvalue weighted by Gasteiger charge is 2.12. The molecule has 1 aromatic carbocycles. The first-order valence-electron chi connectivity index (χ1n) is 4.56. The Balaban J connectivity index is 3.14. The van der Waals surface area contributed by atoms with E-state index in [1.54, 1.807) is 25.1 Å². The van der Waals surface area contributed by atoms with Crippen molar-refractivity contribution in [2.24, 2.45) is 0 Å². The standard InChI is InChI=1S/C11H11NO4/c1-8(11(13)16-2)7-9-5-3-4-6-10(9)12(14)15/h3-7H,1-2H3/b8-7+. The summed E-state index contributed by atoms with van der Waals surface area (Å²) in [5.41, 5.74) is 0.665. The van der Waals surface area contributed by atoms with Gasteiger partial charge in [-0.15, -0.1) is 0 Å². The quantitative estimate of drug-likeness (QED) is 0.339. The van der Waals surface area contributed by atoms with Crippen LogP contribution >= 0.6 is 0 Å². The fourth-order valence-corrected chi connectivity index (χ4v) is 1.23. The van der Waals surface area contributed by atoms with Crippen molar-refractivity contribution in [3.8, 4) is 0 Å². The van der Waals surface area contributed by atoms with Crippen molar-refractivity contribution in [3.05, 3.63) is 45.5 Å². The van der Waals surface area contributed by atoms with Crippen LogP contribution in [0.25, 0.3) is 6.08 Å². The van der Waals surface area contributed by atoms with Crippen molar-refractivity contribution in [1.82, 2.24) is 0 Å². The van der Waals surface area contributed by atoms with Gasteiger partial charge >= 0.3 is 5.97 Å². The van der Waals surface area contributed by atoms with Gasteiger partial charge in [-0.05, 0) is 19.1 Å². The van der Waals surface area contributed by atoms with E-state index in [2.05, 4.69) is 4.74 Å². The molecule has 0 saturated heterocycles. The molecule has 5 nitrogen and oxygen atoms in total. The zero-order chi connectivity index (χ0) is 12.1. The van der Waals surface area contributed by atoms with E-state index in [9.17, 15) is 14.9 Å². The molecule has 0 radical (unpaired) electrons. The number of ether oxygens (including phenoxy) is 1. The highest BCUT2D eigenvalue weighted by Crippen LogP contribution is 2.20. The number of hydrogen-bond acceptors (Lipinski definition) is 4. The summed E-state index contributed by atoms with van der Waals surface area (Å²) in [6.07, 6.45) is 1.43. The molecule has 0 heterocycles. The normalized spacial score (nSPS) is 11.0. The lowest BCUT2D eigenvalue weighted by atomic mass is 10.1. The molecule has 0 unspecified atom stereocenters. The van der Waals surface area contributed by atoms with Gasteiger partial charge in [-0.1, -0.05) is 12.1 Å². The Labute approximate surface area is 92.5 Å². The monoisotopic (exact) mass is 221 g/mol. The molecule has 0 amide bonds. The Kier molecular flexibility index (Phi) is 3.77. The van der Waals surface area contributed by atoms with E-state index in [0.29, 0.717) is 11.1 Å². The van der Waals surface area contributed by atoms with Crippen LogP contribution in [0.15, 0.2) is 29.8 Å². The van der Waals surface area contributed by atoms with Crippen molar-refractivity contribution in [3.63, 3.8) is 0 Å². The molecular formula is C11H11NO4. The molecule has 0 aromatic heterocycles. The number of carbonyl (C=O) groups is 1. The minimum atomic E-state index is -0.502. The molecule has 0 spiro atoms. The molecular weight excluding hydrogens is 210 g/mol. The number of nitrogens with zero attached hydrogens (tertiary/aromatic N) is 1. The topological polar surface area (TPSA) is 69.4 Å². The van der Waals surface area contributed by atoms with Crippen LogP contribution in [0.2, 0.25) is 0 Å². The van der Waals surface area contributed by atoms with E-state index < -0.39 is 10.9 Å². The molecule has 1 aromatic rings. The zero-order valence-electron chi connectivity index (χ0n) is 8.97. The predicted octanol–water partition coefficient (Wildman–Crippen LogP) is 2.17. The van der Waals surface area contributed by atoms with Gasteiger partial charge in [-0.2, -0.15) is 0 Å². The maximum absolute atomic E-state index is 11.1. The Morgan fingerprint density at radius 3 is 2.62 bits per heavy atom. The maximum atomic E-state index is 11.1. The average Bonchev–Trinajstić information content (AvgIpc) is 2.28. The maximum Gasteiger partial charge on any atom is 0.333 e. The van der Waals surface area contributed by atoms with Crippen LogP contribution in [-0.4, -0.2) is 18.0 Å². The molecule has 0 saturated carbocycles. The molecule has 16 heavy (non-hydrogen) atoms. The van der Waals surface area contributed by atoms with Gasteiger partial charge < -0.3 is 4.74 Å². The lowest BCUT2D eigenvalue weighted by molar-refractivity contribution is -0.385. The first kappa shape index (κ1) is 11.9. The summed E-state index contributed by atoms with van der Waals surface area (Å²) in [5.74, 6) is -0.502. The molecule has 0 aliphatic carbocycles. The Bertz CT molecular complexity index is 451. The fraction of sp³-hybridized carbons (Fsp3) is 0.182. The van der Waals surface area contributed by atoms with Gasteiger partial charge in [0, 0.05) is 11.6 Å². The van der Waals surface area contributed by atoms with Gasteiger partial charge in [0.05, 0.1) is 17.6 Å². The first-order chi connectivity index (χ1) is 7.56. The number of benzene rings is 1. The minimum Gasteiger partial charge on any atom is -0.466 e. The van der Waals surface area contributed by atoms with E-state index in [4.69, 9.17) is 0 Å². The van der Waals surface area contributed by atoms with Gasteiger partial charge in [-0.25, -0.2) is 4.79 Å². The van der Waals surface area contributed by atoms with E-state index in [1.807, 2.05) is 0 Å². The second-order valence-electron chi connectivity index (χ2n) is 3.13. The number of nitro benzene ring substituents is 1. The summed E-state index contributed by atoms with van der Waals surface area (Å²) in [4.78, 5) is 21.4. The Morgan fingerprint density at radius 2 is 2.06 bits per heavy atom. The van der Waals surface area contributed by atoms with Gasteiger partial charge in [0.2, 0.25) is 0 Å². The second-order valence-corrected chi connectivity index (χ2v) is 3.13. The number of rotatable bonds is 3. The molecule has 0 bridgehead atoms. The lowest BCUT2D eigenvalue weighted by Gasteiger charge is -2.00. The summed E-state index contributed by atoms with van der Waals surface area (Å²) < 4.78 is 4.51. The molecule has 0 atom stereocenters. The van der Waals surface area contributed by atoms with Gasteiger partial charge in [0.15, 0.2) is 0 Å². The van der Waals surface area contributed by atoms with Crippen LogP contribution in [0.5, 0.6) is 0 Å². The molecule has 1 rings (SSSR count). The molecule has 84 valence electrons. The number of para-hydroxylation sites is 1. The third kappa shape index (κ3) is 2.66. The van der Waals surface area contributed by atoms with Crippen LogP contribution in [0.1, 0.15) is 12.5 Å². The summed E-state index contributed by atoms with van der Waals surface area (Å²) in [5, 5.41) is 10.7. The van der Waals surface area contributed by atoms with Crippen LogP contribution in [0.4, 0.5) is 5.69 Å². The third-order valence-electron chi connectivity index (χ3n) is 2.01. The average molecular weight is 221 g/mol. The van der Waals surface area contributed by atoms with Crippen LogP contribution < -0.4 is 0 Å². The number of methoxy groups -OCH3 is 1. The predicted molar refractivity (Wildman–Crippen MR) is 58.8 cm³/mol. The summed E-state index contributed by atoms with van der Waals surface area (Å²) in [6, 6.07) is 6.20. The first-order valence-corrected chi connectivity index (χ1v) is 4.56. The van der Waals surface area contributed by atoms with Crippen LogP contribution in [-0.2, 0) is 9.53 Å². The molecule has 0 fully saturated rings. The lowest BCUT2D eigenvalue weighted by Crippen LogP contribution is -2.01. The van der Waals surface area contributed by atoms with Crippen LogP contribution in [0, 0.1) is 10.1 Å². The third-order valence-corrected chi connectivity index (χ3v) is 2.01. The van der Waals surface area contributed by atoms with Crippen LogP contribution in [0.3, 0.4) is 0 Å². The second kappa shape index (κ2) is 5.06. The fourth-order valence-electron chi connectivity index (χ4n) is 1.23. The summed E-state index contributed by atoms with van der Waals surface area (Å²) in [6.45, 7) is 1.54. The minimum absolute atomic E-state index is 0.0363. The molecule has 0 aliphatic rings. The van der Waals surface area contributed by atoms with Crippen molar-refractivity contribution in [1.29, 1.82) is 0 Å². The Morgan fingerprint density at radius 1 is 1.44 bits per heavy atom. The highest BCUT2D eigenvalue weighted by atomic mass is 16.6. The van der Waals surface area contributed by atoms with Crippen molar-refractivity contribution in [2.75, 3.05) is 7.11 Å². The van der Waals surface area contributed by atoms with E-state index in [1.165, 1.54) is 19.3 Å². The highest BCUT2D eigenvalue weighted by molar-refractivity contribution is 5.93. The molecule has 0 N–H and O–H groups in total. The van der Waals surface area contributed by atoms with Crippen molar-refractivity contribution >= 4 is 17.7 Å². The van der Waals surface area contributed by atoms with Gasteiger partial charge in [-0.3, -0.25) is 10.1 Å². The number of hydrogen-bond donors (Lipinski definition) is 0. The van der Waals surface area contributed by atoms with Gasteiger partial charge in [0.25, 0.3) is 5.69 Å². The molecule has 5 heteroatoms. The summed E-state index contributed by atoms with van der Waals surface area (Å²) >= 11 is 0. The van der Waals surface area contributed by atoms with Gasteiger partial charge in [0.1, 0.15) is 0 Å². The Hall–Kier alpha value is -2.17. The van der Waals surface area contributed by atoms with Crippen molar-refractivity contribution in [2.45, 2.75) is 6.92 Å². The zero-order valence-corrected chi connectivity index (χ0v) is 8.97. The SMILES string of the molecule is COC(=O)/C(C)=C/c1ccccc1[N+](=O)[O-]. The smallest absolute Gasteiger partial charge is 0.333 e. The molecule has 0 aliphatic heterocycles. The summed E-state index contributed by atoms with van der Waals surface area (Å²) in [7, 11) is 1.26. The number of esters is 1. The number of carbonyl (C=O) groups excluding carboxylic acids is 1. The van der Waals surface area contributed by atoms with E-state index in [0.717, 1.165) is 0 Å². The van der Waals surface area contributed by atoms with E-state index >= 15 is 0 Å².